The molecule has 222 valence electrons. The number of hydrazine groups is 2. The van der Waals surface area contributed by atoms with Gasteiger partial charge < -0.3 is 21.7 Å². The number of carbonyl (C=O) groups is 2. The number of carboxylic acid groups (broad SMARTS) is 2. The van der Waals surface area contributed by atoms with Gasteiger partial charge in [-0.25, -0.2) is 26.3 Å². The lowest BCUT2D eigenvalue weighted by atomic mass is 10.1. The van der Waals surface area contributed by atoms with Crippen molar-refractivity contribution in [3.8, 4) is 0 Å². The summed E-state index contributed by atoms with van der Waals surface area (Å²) in [6.07, 6.45) is -7.94. The second-order valence-electron chi connectivity index (χ2n) is 8.46. The van der Waals surface area contributed by atoms with Crippen LogP contribution in [-0.2, 0) is 12.4 Å². The lowest BCUT2D eigenvalue weighted by Gasteiger charge is -2.19. The number of benzene rings is 2. The lowest BCUT2D eigenvalue weighted by Crippen LogP contribution is -2.27. The van der Waals surface area contributed by atoms with E-state index < -0.39 is 46.5 Å². The van der Waals surface area contributed by atoms with Crippen LogP contribution < -0.4 is 33.2 Å². The average Bonchev–Trinajstić information content (AvgIpc) is 2.91. The fourth-order valence-electron chi connectivity index (χ4n) is 3.57. The van der Waals surface area contributed by atoms with Gasteiger partial charge in [0.15, 0.2) is 0 Å². The predicted octanol–water partition coefficient (Wildman–Crippen LogP) is 3.79. The van der Waals surface area contributed by atoms with Crippen LogP contribution in [0.5, 0.6) is 0 Å². The van der Waals surface area contributed by atoms with Gasteiger partial charge in [-0.1, -0.05) is 6.07 Å². The van der Waals surface area contributed by atoms with Gasteiger partial charge in [0.05, 0.1) is 56.4 Å². The van der Waals surface area contributed by atoms with Crippen LogP contribution >= 0.6 is 0 Å². The monoisotopic (exact) mass is 597 g/mol. The number of rotatable bonds is 8. The predicted molar refractivity (Wildman–Crippen MR) is 139 cm³/mol. The van der Waals surface area contributed by atoms with E-state index in [1.54, 1.807) is 0 Å². The Balaban J connectivity index is 1.90. The first-order valence-electron chi connectivity index (χ1n) is 11.3. The molecule has 3 rings (SSSR count). The van der Waals surface area contributed by atoms with Crippen LogP contribution in [0.25, 0.3) is 11.4 Å². The largest absolute Gasteiger partial charge is 0.478 e. The molecular formula is C25H21F6N7O4. The molecule has 0 radical (unpaired) electrons. The molecule has 0 amide bonds. The van der Waals surface area contributed by atoms with Crippen molar-refractivity contribution in [2.24, 2.45) is 23.2 Å². The summed E-state index contributed by atoms with van der Waals surface area (Å²) in [4.78, 5) is 26.5. The van der Waals surface area contributed by atoms with E-state index in [-0.39, 0.29) is 34.2 Å². The number of nitrogens with zero attached hydrogens (tertiary/aromatic N) is 3. The zero-order valence-corrected chi connectivity index (χ0v) is 21.0. The average molecular weight is 597 g/mol. The first-order valence-corrected chi connectivity index (χ1v) is 11.3. The Kier molecular flexibility index (Phi) is 8.68. The van der Waals surface area contributed by atoms with Gasteiger partial charge in [-0.05, 0) is 48.5 Å². The maximum absolute atomic E-state index is 13.3. The number of pyridine rings is 1. The molecule has 0 aliphatic carbocycles. The van der Waals surface area contributed by atoms with E-state index in [4.69, 9.17) is 33.4 Å². The molecule has 0 aliphatic heterocycles. The van der Waals surface area contributed by atoms with E-state index in [0.29, 0.717) is 22.2 Å². The number of alkyl halides is 6. The zero-order chi connectivity index (χ0) is 31.6. The number of halogens is 6. The van der Waals surface area contributed by atoms with Crippen molar-refractivity contribution in [2.45, 2.75) is 12.4 Å². The van der Waals surface area contributed by atoms with Crippen molar-refractivity contribution in [1.82, 2.24) is 4.98 Å². The Morgan fingerprint density at radius 1 is 0.690 bits per heavy atom. The number of nitrogens with two attached hydrogens (primary N) is 4. The fourth-order valence-corrected chi connectivity index (χ4v) is 3.57. The SMILES string of the molecule is N/C(=C\N(N)c1ccc(C(=O)O)c(C(F)(F)F)c1)c1cccc(/C(N)=C/N(N)c2ccc(C(=O)O)c(C(F)(F)F)c2)n1. The molecule has 0 aliphatic rings. The highest BCUT2D eigenvalue weighted by Crippen LogP contribution is 2.36. The van der Waals surface area contributed by atoms with E-state index in [1.807, 2.05) is 0 Å². The van der Waals surface area contributed by atoms with Crippen molar-refractivity contribution in [3.05, 3.63) is 101 Å². The van der Waals surface area contributed by atoms with E-state index >= 15 is 0 Å². The molecule has 1 heterocycles. The molecule has 11 nitrogen and oxygen atoms in total. The highest BCUT2D eigenvalue weighted by Gasteiger charge is 2.37. The van der Waals surface area contributed by atoms with Crippen LogP contribution in [0, 0.1) is 0 Å². The number of aromatic carboxylic acids is 2. The summed E-state index contributed by atoms with van der Waals surface area (Å²) in [5.74, 6) is 8.09. The van der Waals surface area contributed by atoms with Gasteiger partial charge in [0.1, 0.15) is 0 Å². The van der Waals surface area contributed by atoms with Crippen LogP contribution in [-0.4, -0.2) is 27.1 Å². The summed E-state index contributed by atoms with van der Waals surface area (Å²) in [5.41, 5.74) is 6.43. The first-order chi connectivity index (χ1) is 19.4. The van der Waals surface area contributed by atoms with Crippen LogP contribution in [0.4, 0.5) is 37.7 Å². The van der Waals surface area contributed by atoms with Gasteiger partial charge in [-0.3, -0.25) is 10.0 Å². The second-order valence-corrected chi connectivity index (χ2v) is 8.46. The van der Waals surface area contributed by atoms with E-state index in [9.17, 15) is 35.9 Å². The highest BCUT2D eigenvalue weighted by atomic mass is 19.4. The maximum atomic E-state index is 13.3. The molecule has 1 aromatic heterocycles. The molecule has 42 heavy (non-hydrogen) atoms. The summed E-state index contributed by atoms with van der Waals surface area (Å²) < 4.78 is 80.1. The van der Waals surface area contributed by atoms with Crippen molar-refractivity contribution in [2.75, 3.05) is 10.0 Å². The summed E-state index contributed by atoms with van der Waals surface area (Å²) >= 11 is 0. The van der Waals surface area contributed by atoms with Crippen molar-refractivity contribution in [3.63, 3.8) is 0 Å². The summed E-state index contributed by atoms with van der Waals surface area (Å²) in [7, 11) is 0. The smallest absolute Gasteiger partial charge is 0.417 e. The van der Waals surface area contributed by atoms with Crippen LogP contribution in [0.2, 0.25) is 0 Å². The van der Waals surface area contributed by atoms with Gasteiger partial charge in [-0.15, -0.1) is 0 Å². The Hall–Kier alpha value is -5.29. The molecule has 0 unspecified atom stereocenters. The second kappa shape index (κ2) is 11.7. The van der Waals surface area contributed by atoms with Crippen molar-refractivity contribution in [1.29, 1.82) is 0 Å². The molecule has 2 aromatic carbocycles. The molecule has 0 bridgehead atoms. The molecule has 0 fully saturated rings. The summed E-state index contributed by atoms with van der Waals surface area (Å²) in [6.45, 7) is 0. The molecular weight excluding hydrogens is 576 g/mol. The van der Waals surface area contributed by atoms with Gasteiger partial charge in [0.25, 0.3) is 0 Å². The molecule has 0 atom stereocenters. The zero-order valence-electron chi connectivity index (χ0n) is 21.0. The van der Waals surface area contributed by atoms with Gasteiger partial charge >= 0.3 is 24.3 Å². The lowest BCUT2D eigenvalue weighted by molar-refractivity contribution is -0.138. The van der Waals surface area contributed by atoms with Crippen molar-refractivity contribution >= 4 is 34.7 Å². The third-order valence-electron chi connectivity index (χ3n) is 5.57. The minimum Gasteiger partial charge on any atom is -0.478 e. The Morgan fingerprint density at radius 2 is 1.05 bits per heavy atom. The topological polar surface area (TPSA) is 198 Å². The van der Waals surface area contributed by atoms with E-state index in [0.717, 1.165) is 36.7 Å². The fraction of sp³-hybridized carbons (Fsp3) is 0.0800. The summed E-state index contributed by atoms with van der Waals surface area (Å²) in [6, 6.07) is 8.83. The molecule has 10 N–H and O–H groups in total. The van der Waals surface area contributed by atoms with Crippen LogP contribution in [0.1, 0.15) is 43.2 Å². The van der Waals surface area contributed by atoms with Gasteiger partial charge in [-0.2, -0.15) is 26.3 Å². The van der Waals surface area contributed by atoms with Gasteiger partial charge in [0.2, 0.25) is 0 Å². The van der Waals surface area contributed by atoms with Crippen LogP contribution in [0.15, 0.2) is 67.0 Å². The number of anilines is 2. The van der Waals surface area contributed by atoms with Crippen molar-refractivity contribution < 1.29 is 46.1 Å². The Bertz CT molecular complexity index is 1480. The number of aromatic nitrogens is 1. The van der Waals surface area contributed by atoms with Crippen LogP contribution in [0.3, 0.4) is 0 Å². The Morgan fingerprint density at radius 3 is 1.36 bits per heavy atom. The molecule has 0 saturated heterocycles. The van der Waals surface area contributed by atoms with E-state index in [2.05, 4.69) is 4.98 Å². The summed E-state index contributed by atoms with van der Waals surface area (Å²) in [5, 5.41) is 19.5. The van der Waals surface area contributed by atoms with Gasteiger partial charge in [0, 0.05) is 12.4 Å². The molecule has 3 aromatic rings. The molecule has 17 heteroatoms. The normalized spacial score (nSPS) is 12.7. The minimum atomic E-state index is -4.98. The first kappa shape index (κ1) is 31.2. The maximum Gasteiger partial charge on any atom is 0.417 e. The Labute approximate surface area is 232 Å². The standard InChI is InChI=1S/C25H21F6N7O4/c26-24(27,28)16-8-12(4-6-14(16)22(39)40)37(34)10-18(32)20-2-1-3-21(36-20)19(33)11-38(35)13-5-7-15(23(41)42)17(9-13)25(29,30)31/h1-11H,32-35H2,(H,39,40)(H,41,42)/b18-10-,19-11-. The number of carboxylic acids is 2. The molecule has 0 saturated carbocycles. The molecule has 0 spiro atoms. The highest BCUT2D eigenvalue weighted by molar-refractivity contribution is 5.91. The third-order valence-corrected chi connectivity index (χ3v) is 5.57. The minimum absolute atomic E-state index is 0.0336. The number of hydrogen-bond acceptors (Lipinski definition) is 9. The third kappa shape index (κ3) is 7.07. The quantitative estimate of drug-likeness (QED) is 0.125. The number of hydrogen-bond donors (Lipinski definition) is 6. The van der Waals surface area contributed by atoms with E-state index in [1.165, 1.54) is 18.2 Å².